The molecule has 6 heteroatoms. The molecule has 2 saturated heterocycles. The first-order chi connectivity index (χ1) is 12.3. The lowest BCUT2D eigenvalue weighted by atomic mass is 9.88. The molecule has 2 fully saturated rings. The first-order valence-electron chi connectivity index (χ1n) is 9.82. The molecule has 5 nitrogen and oxygen atoms in total. The molecule has 1 atom stereocenters. The Labute approximate surface area is 158 Å². The highest BCUT2D eigenvalue weighted by Crippen LogP contribution is 2.33. The summed E-state index contributed by atoms with van der Waals surface area (Å²) in [6.07, 6.45) is 2.40. The van der Waals surface area contributed by atoms with E-state index < -0.39 is 10.0 Å². The lowest BCUT2D eigenvalue weighted by Crippen LogP contribution is -2.52. The third-order valence-corrected chi connectivity index (χ3v) is 7.81. The van der Waals surface area contributed by atoms with Crippen LogP contribution in [0.3, 0.4) is 0 Å². The van der Waals surface area contributed by atoms with E-state index in [9.17, 15) is 8.42 Å². The molecule has 0 bridgehead atoms. The zero-order chi connectivity index (χ0) is 18.9. The standard InChI is InChI=1S/C20H32N2O3S/c1-5-16(4)19-14-17(6-7-18(19)15(2)3)26(23,24)22-11-8-20(9-12-22)21-10-13-25-20/h6-7,14-16,21H,5,8-13H2,1-4H3. The normalized spacial score (nSPS) is 22.2. The van der Waals surface area contributed by atoms with Gasteiger partial charge in [-0.25, -0.2) is 8.42 Å². The van der Waals surface area contributed by atoms with Crippen LogP contribution in [-0.2, 0) is 14.8 Å². The number of hydrogen-bond acceptors (Lipinski definition) is 4. The Hall–Kier alpha value is -0.950. The van der Waals surface area contributed by atoms with Crippen molar-refractivity contribution < 1.29 is 13.2 Å². The molecule has 3 rings (SSSR count). The topological polar surface area (TPSA) is 58.6 Å². The van der Waals surface area contributed by atoms with Crippen LogP contribution in [0.5, 0.6) is 0 Å². The predicted octanol–water partition coefficient (Wildman–Crippen LogP) is 3.42. The van der Waals surface area contributed by atoms with Gasteiger partial charge in [0.2, 0.25) is 10.0 Å². The van der Waals surface area contributed by atoms with Gasteiger partial charge in [0.05, 0.1) is 11.5 Å². The predicted molar refractivity (Wildman–Crippen MR) is 104 cm³/mol. The van der Waals surface area contributed by atoms with E-state index in [1.54, 1.807) is 10.4 Å². The molecule has 0 aromatic heterocycles. The number of benzene rings is 1. The summed E-state index contributed by atoms with van der Waals surface area (Å²) in [6.45, 7) is 11.2. The van der Waals surface area contributed by atoms with Gasteiger partial charge in [-0.2, -0.15) is 4.31 Å². The highest BCUT2D eigenvalue weighted by atomic mass is 32.2. The molecule has 0 saturated carbocycles. The molecule has 1 spiro atoms. The summed E-state index contributed by atoms with van der Waals surface area (Å²) >= 11 is 0. The molecule has 26 heavy (non-hydrogen) atoms. The van der Waals surface area contributed by atoms with Crippen LogP contribution in [0, 0.1) is 0 Å². The SMILES string of the molecule is CCC(C)c1cc(S(=O)(=O)N2CCC3(CC2)NCCO3)ccc1C(C)C. The van der Waals surface area contributed by atoms with Crippen LogP contribution in [0.25, 0.3) is 0 Å². The van der Waals surface area contributed by atoms with Crippen molar-refractivity contribution >= 4 is 10.0 Å². The number of hydrogen-bond donors (Lipinski definition) is 1. The van der Waals surface area contributed by atoms with Gasteiger partial charge < -0.3 is 4.74 Å². The fourth-order valence-corrected chi connectivity index (χ4v) is 5.50. The van der Waals surface area contributed by atoms with Gasteiger partial charge in [-0.1, -0.05) is 33.8 Å². The van der Waals surface area contributed by atoms with Crippen molar-refractivity contribution in [2.45, 2.75) is 69.4 Å². The van der Waals surface area contributed by atoms with Gasteiger partial charge in [0.15, 0.2) is 0 Å². The highest BCUT2D eigenvalue weighted by Gasteiger charge is 2.41. The zero-order valence-corrected chi connectivity index (χ0v) is 17.2. The molecule has 1 aromatic rings. The van der Waals surface area contributed by atoms with Crippen molar-refractivity contribution in [3.63, 3.8) is 0 Å². The van der Waals surface area contributed by atoms with Gasteiger partial charge in [-0.15, -0.1) is 0 Å². The maximum Gasteiger partial charge on any atom is 0.243 e. The quantitative estimate of drug-likeness (QED) is 0.850. The molecule has 0 amide bonds. The fourth-order valence-electron chi connectivity index (χ4n) is 4.02. The summed E-state index contributed by atoms with van der Waals surface area (Å²) in [6, 6.07) is 5.70. The van der Waals surface area contributed by atoms with E-state index in [0.29, 0.717) is 49.3 Å². The molecule has 146 valence electrons. The maximum absolute atomic E-state index is 13.2. The van der Waals surface area contributed by atoms with Crippen LogP contribution in [0.15, 0.2) is 23.1 Å². The summed E-state index contributed by atoms with van der Waals surface area (Å²) in [5.74, 6) is 0.736. The van der Waals surface area contributed by atoms with Crippen molar-refractivity contribution in [3.8, 4) is 0 Å². The average molecular weight is 381 g/mol. The minimum atomic E-state index is -3.46. The third-order valence-electron chi connectivity index (χ3n) is 5.92. The zero-order valence-electron chi connectivity index (χ0n) is 16.4. The molecule has 0 radical (unpaired) electrons. The van der Waals surface area contributed by atoms with Crippen LogP contribution in [-0.4, -0.2) is 44.7 Å². The Morgan fingerprint density at radius 3 is 2.42 bits per heavy atom. The molecule has 2 heterocycles. The van der Waals surface area contributed by atoms with Gasteiger partial charge in [0, 0.05) is 32.5 Å². The first-order valence-corrected chi connectivity index (χ1v) is 11.3. The molecule has 2 aliphatic rings. The summed E-state index contributed by atoms with van der Waals surface area (Å²) in [5, 5.41) is 3.39. The number of sulfonamides is 1. The van der Waals surface area contributed by atoms with E-state index in [1.165, 1.54) is 5.56 Å². The minimum absolute atomic E-state index is 0.310. The number of nitrogens with one attached hydrogen (secondary N) is 1. The first kappa shape index (κ1) is 19.8. The summed E-state index contributed by atoms with van der Waals surface area (Å²) in [7, 11) is -3.46. The Balaban J connectivity index is 1.85. The van der Waals surface area contributed by atoms with E-state index in [-0.39, 0.29) is 5.72 Å². The number of nitrogens with zero attached hydrogens (tertiary/aromatic N) is 1. The second-order valence-electron chi connectivity index (χ2n) is 7.93. The second kappa shape index (κ2) is 7.58. The van der Waals surface area contributed by atoms with Gasteiger partial charge in [0.25, 0.3) is 0 Å². The Morgan fingerprint density at radius 1 is 1.19 bits per heavy atom. The van der Waals surface area contributed by atoms with Crippen molar-refractivity contribution in [2.24, 2.45) is 0 Å². The van der Waals surface area contributed by atoms with Gasteiger partial charge in [0.1, 0.15) is 5.72 Å². The number of piperidine rings is 1. The monoisotopic (exact) mass is 380 g/mol. The fraction of sp³-hybridized carbons (Fsp3) is 0.700. The van der Waals surface area contributed by atoms with Crippen LogP contribution in [0.1, 0.15) is 69.9 Å². The summed E-state index contributed by atoms with van der Waals surface area (Å²) in [4.78, 5) is 0.424. The molecular formula is C20H32N2O3S. The van der Waals surface area contributed by atoms with E-state index >= 15 is 0 Å². The Kier molecular flexibility index (Phi) is 5.78. The van der Waals surface area contributed by atoms with Crippen molar-refractivity contribution in [3.05, 3.63) is 29.3 Å². The van der Waals surface area contributed by atoms with Crippen molar-refractivity contribution in [1.29, 1.82) is 0 Å². The molecule has 1 aromatic carbocycles. The van der Waals surface area contributed by atoms with Crippen LogP contribution in [0.2, 0.25) is 0 Å². The average Bonchev–Trinajstić information content (AvgIpc) is 3.08. The van der Waals surface area contributed by atoms with E-state index in [0.717, 1.165) is 18.5 Å². The van der Waals surface area contributed by atoms with Crippen molar-refractivity contribution in [1.82, 2.24) is 9.62 Å². The van der Waals surface area contributed by atoms with Crippen LogP contribution < -0.4 is 5.32 Å². The largest absolute Gasteiger partial charge is 0.359 e. The highest BCUT2D eigenvalue weighted by molar-refractivity contribution is 7.89. The van der Waals surface area contributed by atoms with Crippen molar-refractivity contribution in [2.75, 3.05) is 26.2 Å². The molecular weight excluding hydrogens is 348 g/mol. The van der Waals surface area contributed by atoms with Gasteiger partial charge in [-0.05, 0) is 41.5 Å². The summed E-state index contributed by atoms with van der Waals surface area (Å²) in [5.41, 5.74) is 2.10. The number of ether oxygens (including phenoxy) is 1. The third kappa shape index (κ3) is 3.70. The lowest BCUT2D eigenvalue weighted by Gasteiger charge is -2.38. The van der Waals surface area contributed by atoms with Gasteiger partial charge >= 0.3 is 0 Å². The van der Waals surface area contributed by atoms with Crippen LogP contribution >= 0.6 is 0 Å². The van der Waals surface area contributed by atoms with E-state index in [2.05, 4.69) is 33.0 Å². The van der Waals surface area contributed by atoms with E-state index in [1.807, 2.05) is 12.1 Å². The molecule has 1 unspecified atom stereocenters. The minimum Gasteiger partial charge on any atom is -0.359 e. The smallest absolute Gasteiger partial charge is 0.243 e. The maximum atomic E-state index is 13.2. The summed E-state index contributed by atoms with van der Waals surface area (Å²) < 4.78 is 33.8. The lowest BCUT2D eigenvalue weighted by molar-refractivity contribution is -0.0445. The Morgan fingerprint density at radius 2 is 1.88 bits per heavy atom. The number of rotatable bonds is 5. The Bertz CT molecular complexity index is 729. The van der Waals surface area contributed by atoms with E-state index in [4.69, 9.17) is 4.74 Å². The second-order valence-corrected chi connectivity index (χ2v) is 9.87. The molecule has 2 aliphatic heterocycles. The molecule has 1 N–H and O–H groups in total. The molecule has 0 aliphatic carbocycles. The van der Waals surface area contributed by atoms with Crippen LogP contribution in [0.4, 0.5) is 0 Å². The van der Waals surface area contributed by atoms with Gasteiger partial charge in [-0.3, -0.25) is 5.32 Å².